The van der Waals surface area contributed by atoms with Gasteiger partial charge >= 0.3 is 4.87 Å². The number of benzene rings is 1. The minimum absolute atomic E-state index is 0.0907. The molecule has 6 heteroatoms. The Morgan fingerprint density at radius 2 is 2.06 bits per heavy atom. The Balaban J connectivity index is 1.89. The molecule has 0 radical (unpaired) electrons. The molecule has 3 rings (SSSR count). The van der Waals surface area contributed by atoms with Crippen LogP contribution in [0.2, 0.25) is 0 Å². The molecule has 1 N–H and O–H groups in total. The highest BCUT2D eigenvalue weighted by atomic mass is 32.2. The highest BCUT2D eigenvalue weighted by Gasteiger charge is 2.08. The van der Waals surface area contributed by atoms with Crippen molar-refractivity contribution in [1.29, 1.82) is 0 Å². The molecule has 0 amide bonds. The Kier molecular flexibility index (Phi) is 3.12. The molecule has 0 fully saturated rings. The lowest BCUT2D eigenvalue weighted by atomic mass is 10.2. The van der Waals surface area contributed by atoms with E-state index in [4.69, 9.17) is 0 Å². The first-order valence-corrected chi connectivity index (χ1v) is 7.14. The first kappa shape index (κ1) is 11.4. The topological polar surface area (TPSA) is 58.6 Å². The zero-order valence-electron chi connectivity index (χ0n) is 9.29. The highest BCUT2D eigenvalue weighted by molar-refractivity contribution is 7.98. The standard InChI is InChI=1S/C12H9N3OS2/c16-12-15-9-10(13-7-14-11(9)18-12)17-6-8-4-2-1-3-5-8/h1-5,7H,6H2,(H,15,16). The number of thioether (sulfide) groups is 1. The SMILES string of the molecule is O=c1[nH]c2c(SCc3ccccc3)ncnc2s1. The average molecular weight is 275 g/mol. The van der Waals surface area contributed by atoms with Gasteiger partial charge in [0.25, 0.3) is 0 Å². The molecule has 0 bridgehead atoms. The maximum absolute atomic E-state index is 11.3. The van der Waals surface area contributed by atoms with Gasteiger partial charge in [-0.3, -0.25) is 4.79 Å². The van der Waals surface area contributed by atoms with Gasteiger partial charge in [0.05, 0.1) is 0 Å². The molecule has 90 valence electrons. The average Bonchev–Trinajstić information content (AvgIpc) is 2.78. The molecule has 18 heavy (non-hydrogen) atoms. The van der Waals surface area contributed by atoms with Gasteiger partial charge in [-0.15, -0.1) is 0 Å². The van der Waals surface area contributed by atoms with Gasteiger partial charge in [-0.1, -0.05) is 53.4 Å². The third-order valence-electron chi connectivity index (χ3n) is 2.41. The zero-order valence-corrected chi connectivity index (χ0v) is 10.9. The predicted molar refractivity (Wildman–Crippen MR) is 74.0 cm³/mol. The van der Waals surface area contributed by atoms with Crippen molar-refractivity contribution in [2.45, 2.75) is 10.8 Å². The second-order valence-electron chi connectivity index (χ2n) is 3.65. The van der Waals surface area contributed by atoms with Crippen molar-refractivity contribution in [2.75, 3.05) is 0 Å². The van der Waals surface area contributed by atoms with Crippen LogP contribution in [0.4, 0.5) is 0 Å². The number of nitrogens with zero attached hydrogens (tertiary/aromatic N) is 2. The second-order valence-corrected chi connectivity index (χ2v) is 5.57. The number of aromatic amines is 1. The molecule has 3 aromatic rings. The van der Waals surface area contributed by atoms with Crippen molar-refractivity contribution in [3.05, 3.63) is 51.9 Å². The minimum atomic E-state index is -0.0907. The molecular formula is C12H9N3OS2. The van der Waals surface area contributed by atoms with Gasteiger partial charge in [-0.05, 0) is 5.56 Å². The van der Waals surface area contributed by atoms with E-state index in [9.17, 15) is 4.79 Å². The van der Waals surface area contributed by atoms with Crippen LogP contribution in [0.3, 0.4) is 0 Å². The van der Waals surface area contributed by atoms with E-state index in [1.165, 1.54) is 11.9 Å². The molecule has 4 nitrogen and oxygen atoms in total. The van der Waals surface area contributed by atoms with Crippen molar-refractivity contribution in [3.8, 4) is 0 Å². The van der Waals surface area contributed by atoms with Crippen molar-refractivity contribution in [2.24, 2.45) is 0 Å². The quantitative estimate of drug-likeness (QED) is 0.590. The van der Waals surface area contributed by atoms with Crippen LogP contribution in [0, 0.1) is 0 Å². The Morgan fingerprint density at radius 1 is 1.22 bits per heavy atom. The van der Waals surface area contributed by atoms with Gasteiger partial charge < -0.3 is 4.98 Å². The van der Waals surface area contributed by atoms with Gasteiger partial charge in [0, 0.05) is 5.75 Å². The number of rotatable bonds is 3. The molecule has 2 heterocycles. The van der Waals surface area contributed by atoms with Gasteiger partial charge in [-0.2, -0.15) is 0 Å². The lowest BCUT2D eigenvalue weighted by molar-refractivity contribution is 1.09. The van der Waals surface area contributed by atoms with Crippen molar-refractivity contribution in [3.63, 3.8) is 0 Å². The Morgan fingerprint density at radius 3 is 2.89 bits per heavy atom. The number of thiazole rings is 1. The summed E-state index contributed by atoms with van der Waals surface area (Å²) >= 11 is 2.71. The Hall–Kier alpha value is -1.66. The van der Waals surface area contributed by atoms with Crippen LogP contribution in [0.25, 0.3) is 10.3 Å². The molecule has 1 aromatic carbocycles. The van der Waals surface area contributed by atoms with Crippen LogP contribution in [0.1, 0.15) is 5.56 Å². The largest absolute Gasteiger partial charge is 0.309 e. The highest BCUT2D eigenvalue weighted by Crippen LogP contribution is 2.26. The Labute approximate surface area is 111 Å². The summed E-state index contributed by atoms with van der Waals surface area (Å²) in [6, 6.07) is 10.2. The number of hydrogen-bond acceptors (Lipinski definition) is 5. The van der Waals surface area contributed by atoms with Crippen LogP contribution >= 0.6 is 23.1 Å². The first-order valence-electron chi connectivity index (χ1n) is 5.33. The van der Waals surface area contributed by atoms with E-state index >= 15 is 0 Å². The maximum Gasteiger partial charge on any atom is 0.307 e. The second kappa shape index (κ2) is 4.91. The predicted octanol–water partition coefficient (Wildman–Crippen LogP) is 2.67. The lowest BCUT2D eigenvalue weighted by Gasteiger charge is -2.01. The van der Waals surface area contributed by atoms with E-state index in [1.54, 1.807) is 11.8 Å². The maximum atomic E-state index is 11.3. The fraction of sp³-hybridized carbons (Fsp3) is 0.0833. The molecule has 0 saturated carbocycles. The summed E-state index contributed by atoms with van der Waals surface area (Å²) in [6.07, 6.45) is 1.50. The summed E-state index contributed by atoms with van der Waals surface area (Å²) in [5.74, 6) is 0.824. The monoisotopic (exact) mass is 275 g/mol. The Bertz CT molecular complexity index is 721. The smallest absolute Gasteiger partial charge is 0.307 e. The van der Waals surface area contributed by atoms with Gasteiger partial charge in [0.15, 0.2) is 0 Å². The summed E-state index contributed by atoms with van der Waals surface area (Å²) in [4.78, 5) is 23.0. The molecular weight excluding hydrogens is 266 g/mol. The molecule has 0 saturated heterocycles. The first-order chi connectivity index (χ1) is 8.83. The molecule has 0 unspecified atom stereocenters. The van der Waals surface area contributed by atoms with E-state index in [2.05, 4.69) is 27.1 Å². The summed E-state index contributed by atoms with van der Waals surface area (Å²) in [6.45, 7) is 0. The normalized spacial score (nSPS) is 10.9. The molecule has 0 aliphatic rings. The van der Waals surface area contributed by atoms with E-state index in [0.717, 1.165) is 27.6 Å². The van der Waals surface area contributed by atoms with Gasteiger partial charge in [0.2, 0.25) is 0 Å². The van der Waals surface area contributed by atoms with Crippen molar-refractivity contribution in [1.82, 2.24) is 15.0 Å². The van der Waals surface area contributed by atoms with Crippen LogP contribution in [0.5, 0.6) is 0 Å². The third kappa shape index (κ3) is 2.30. The summed E-state index contributed by atoms with van der Waals surface area (Å²) in [5, 5.41) is 0.821. The van der Waals surface area contributed by atoms with Crippen molar-refractivity contribution >= 4 is 33.4 Å². The lowest BCUT2D eigenvalue weighted by Crippen LogP contribution is -1.92. The molecule has 0 atom stereocenters. The van der Waals surface area contributed by atoms with E-state index in [1.807, 2.05) is 18.2 Å². The summed E-state index contributed by atoms with van der Waals surface area (Å²) in [5.41, 5.74) is 1.97. The minimum Gasteiger partial charge on any atom is -0.309 e. The third-order valence-corrected chi connectivity index (χ3v) is 4.26. The van der Waals surface area contributed by atoms with Gasteiger partial charge in [-0.25, -0.2) is 9.97 Å². The number of aromatic nitrogens is 3. The number of H-pyrrole nitrogens is 1. The molecule has 0 aliphatic carbocycles. The van der Waals surface area contributed by atoms with Gasteiger partial charge in [0.1, 0.15) is 21.7 Å². The van der Waals surface area contributed by atoms with E-state index in [0.29, 0.717) is 4.83 Å². The summed E-state index contributed by atoms with van der Waals surface area (Å²) in [7, 11) is 0. The number of hydrogen-bond donors (Lipinski definition) is 1. The van der Waals surface area contributed by atoms with E-state index in [-0.39, 0.29) is 4.87 Å². The molecule has 0 spiro atoms. The number of nitrogens with one attached hydrogen (secondary N) is 1. The van der Waals surface area contributed by atoms with Crippen molar-refractivity contribution < 1.29 is 0 Å². The molecule has 2 aromatic heterocycles. The molecule has 0 aliphatic heterocycles. The van der Waals surface area contributed by atoms with Crippen LogP contribution in [-0.2, 0) is 5.75 Å². The fourth-order valence-electron chi connectivity index (χ4n) is 1.59. The van der Waals surface area contributed by atoms with Crippen LogP contribution < -0.4 is 4.87 Å². The summed E-state index contributed by atoms with van der Waals surface area (Å²) < 4.78 is 0. The van der Waals surface area contributed by atoms with Crippen LogP contribution in [-0.4, -0.2) is 15.0 Å². The number of fused-ring (bicyclic) bond motifs is 1. The van der Waals surface area contributed by atoms with Crippen LogP contribution in [0.15, 0.2) is 46.5 Å². The fourth-order valence-corrected chi connectivity index (χ4v) is 3.24. The zero-order chi connectivity index (χ0) is 12.4. The van der Waals surface area contributed by atoms with E-state index < -0.39 is 0 Å².